The van der Waals surface area contributed by atoms with E-state index >= 15 is 0 Å². The normalized spacial score (nSPS) is 13.8. The van der Waals surface area contributed by atoms with Gasteiger partial charge >= 0.3 is 5.97 Å². The predicted molar refractivity (Wildman–Crippen MR) is 83.4 cm³/mol. The van der Waals surface area contributed by atoms with Crippen LogP contribution in [0.5, 0.6) is 11.5 Å². The number of rotatable bonds is 3. The monoisotopic (exact) mass is 336 g/mol. The van der Waals surface area contributed by atoms with Gasteiger partial charge in [-0.05, 0) is 0 Å². The van der Waals surface area contributed by atoms with Crippen LogP contribution in [0.25, 0.3) is 10.2 Å². The number of hydrogen-bond acceptors (Lipinski definition) is 6. The first-order chi connectivity index (χ1) is 11.0. The topological polar surface area (TPSA) is 79.1 Å². The summed E-state index contributed by atoms with van der Waals surface area (Å²) in [5.41, 5.74) is 0.750. The average molecular weight is 336 g/mol. The minimum Gasteiger partial charge on any atom is -0.468 e. The second-order valence-corrected chi connectivity index (χ2v) is 6.33. The van der Waals surface area contributed by atoms with Crippen molar-refractivity contribution in [3.8, 4) is 11.5 Å². The standard InChI is InChI=1S/C15H16N2O5S/c1-8(2)14(19)16-15-17(6-13(18)20-3)9-4-10-11(22-7-21-10)5-12(9)23-15/h4-5,8H,6-7H2,1-3H3. The Morgan fingerprint density at radius 1 is 1.35 bits per heavy atom. The van der Waals surface area contributed by atoms with E-state index in [1.165, 1.54) is 18.4 Å². The van der Waals surface area contributed by atoms with Gasteiger partial charge < -0.3 is 18.8 Å². The summed E-state index contributed by atoms with van der Waals surface area (Å²) < 4.78 is 18.0. The van der Waals surface area contributed by atoms with Crippen molar-refractivity contribution in [3.63, 3.8) is 0 Å². The summed E-state index contributed by atoms with van der Waals surface area (Å²) in [5.74, 6) is 0.376. The van der Waals surface area contributed by atoms with E-state index < -0.39 is 5.97 Å². The van der Waals surface area contributed by atoms with Crippen LogP contribution in [0.2, 0.25) is 0 Å². The Morgan fingerprint density at radius 3 is 2.70 bits per heavy atom. The van der Waals surface area contributed by atoms with Crippen molar-refractivity contribution < 1.29 is 23.8 Å². The van der Waals surface area contributed by atoms with E-state index in [1.807, 2.05) is 6.07 Å². The number of carbonyl (C=O) groups is 2. The molecule has 1 aliphatic rings. The molecule has 0 atom stereocenters. The summed E-state index contributed by atoms with van der Waals surface area (Å²) in [6, 6.07) is 3.62. The van der Waals surface area contributed by atoms with Crippen molar-refractivity contribution in [1.82, 2.24) is 4.57 Å². The largest absolute Gasteiger partial charge is 0.468 e. The van der Waals surface area contributed by atoms with Crippen LogP contribution in [0.4, 0.5) is 0 Å². The molecule has 2 aromatic rings. The van der Waals surface area contributed by atoms with Crippen molar-refractivity contribution in [2.75, 3.05) is 13.9 Å². The highest BCUT2D eigenvalue weighted by Crippen LogP contribution is 2.36. The first-order valence-corrected chi connectivity index (χ1v) is 7.89. The van der Waals surface area contributed by atoms with Crippen molar-refractivity contribution in [2.45, 2.75) is 20.4 Å². The van der Waals surface area contributed by atoms with Gasteiger partial charge in [-0.3, -0.25) is 9.59 Å². The van der Waals surface area contributed by atoms with Gasteiger partial charge in [0.15, 0.2) is 16.3 Å². The van der Waals surface area contributed by atoms with Gasteiger partial charge in [0.25, 0.3) is 5.91 Å². The maximum atomic E-state index is 12.0. The smallest absolute Gasteiger partial charge is 0.325 e. The Bertz CT molecular complexity index is 849. The molecule has 0 N–H and O–H groups in total. The van der Waals surface area contributed by atoms with Crippen LogP contribution in [0.1, 0.15) is 13.8 Å². The molecule has 8 heteroatoms. The molecule has 1 aromatic heterocycles. The fourth-order valence-corrected chi connectivity index (χ4v) is 3.16. The molecule has 7 nitrogen and oxygen atoms in total. The third kappa shape index (κ3) is 2.94. The molecule has 0 saturated carbocycles. The lowest BCUT2D eigenvalue weighted by molar-refractivity contribution is -0.141. The van der Waals surface area contributed by atoms with Crippen LogP contribution in [0.3, 0.4) is 0 Å². The molecule has 1 amide bonds. The zero-order chi connectivity index (χ0) is 16.6. The maximum Gasteiger partial charge on any atom is 0.325 e. The fraction of sp³-hybridized carbons (Fsp3) is 0.400. The molecule has 2 heterocycles. The average Bonchev–Trinajstić information content (AvgIpc) is 3.09. The molecule has 0 fully saturated rings. The third-order valence-electron chi connectivity index (χ3n) is 3.39. The van der Waals surface area contributed by atoms with E-state index in [0.717, 1.165) is 10.2 Å². The number of aromatic nitrogens is 1. The van der Waals surface area contributed by atoms with E-state index in [2.05, 4.69) is 4.99 Å². The Hall–Kier alpha value is -2.35. The Balaban J connectivity index is 2.20. The number of hydrogen-bond donors (Lipinski definition) is 0. The minimum atomic E-state index is -0.416. The lowest BCUT2D eigenvalue weighted by Crippen LogP contribution is -2.23. The van der Waals surface area contributed by atoms with E-state index in [0.29, 0.717) is 16.3 Å². The van der Waals surface area contributed by atoms with Crippen LogP contribution in [0, 0.1) is 5.92 Å². The molecule has 23 heavy (non-hydrogen) atoms. The second-order valence-electron chi connectivity index (χ2n) is 5.32. The number of ether oxygens (including phenoxy) is 3. The van der Waals surface area contributed by atoms with Crippen LogP contribution in [-0.4, -0.2) is 30.3 Å². The zero-order valence-electron chi connectivity index (χ0n) is 13.0. The number of methoxy groups -OCH3 is 1. The lowest BCUT2D eigenvalue weighted by Gasteiger charge is -2.04. The molecule has 3 rings (SSSR count). The predicted octanol–water partition coefficient (Wildman–Crippen LogP) is 1.69. The quantitative estimate of drug-likeness (QED) is 0.797. The van der Waals surface area contributed by atoms with E-state index in [1.54, 1.807) is 24.5 Å². The van der Waals surface area contributed by atoms with E-state index in [-0.39, 0.29) is 25.2 Å². The lowest BCUT2D eigenvalue weighted by atomic mass is 10.2. The molecule has 1 aliphatic heterocycles. The summed E-state index contributed by atoms with van der Waals surface area (Å²) >= 11 is 1.32. The number of amides is 1. The molecule has 0 spiro atoms. The molecular weight excluding hydrogens is 320 g/mol. The van der Waals surface area contributed by atoms with E-state index in [4.69, 9.17) is 14.2 Å². The highest BCUT2D eigenvalue weighted by atomic mass is 32.1. The molecular formula is C15H16N2O5S. The van der Waals surface area contributed by atoms with E-state index in [9.17, 15) is 9.59 Å². The molecule has 0 saturated heterocycles. The van der Waals surface area contributed by atoms with Gasteiger partial charge in [0.2, 0.25) is 6.79 Å². The van der Waals surface area contributed by atoms with Crippen LogP contribution < -0.4 is 14.3 Å². The summed E-state index contributed by atoms with van der Waals surface area (Å²) in [6.07, 6.45) is 0. The van der Waals surface area contributed by atoms with Gasteiger partial charge in [0.1, 0.15) is 6.54 Å². The van der Waals surface area contributed by atoms with Crippen LogP contribution in [0.15, 0.2) is 17.1 Å². The third-order valence-corrected chi connectivity index (χ3v) is 4.43. The molecule has 1 aromatic carbocycles. The minimum absolute atomic E-state index is 0.0274. The zero-order valence-corrected chi connectivity index (χ0v) is 13.8. The molecule has 0 radical (unpaired) electrons. The summed E-state index contributed by atoms with van der Waals surface area (Å²) in [6.45, 7) is 3.70. The van der Waals surface area contributed by atoms with Gasteiger partial charge in [-0.25, -0.2) is 0 Å². The number of thiazole rings is 1. The highest BCUT2D eigenvalue weighted by molar-refractivity contribution is 7.16. The number of fused-ring (bicyclic) bond motifs is 2. The number of carbonyl (C=O) groups excluding carboxylic acids is 2. The maximum absolute atomic E-state index is 12.0. The van der Waals surface area contributed by atoms with Crippen molar-refractivity contribution >= 4 is 33.4 Å². The molecule has 0 unspecified atom stereocenters. The summed E-state index contributed by atoms with van der Waals surface area (Å²) in [7, 11) is 1.32. The van der Waals surface area contributed by atoms with Crippen molar-refractivity contribution in [3.05, 3.63) is 16.9 Å². The van der Waals surface area contributed by atoms with Gasteiger partial charge in [-0.1, -0.05) is 25.2 Å². The SMILES string of the molecule is COC(=O)Cn1c(=NC(=O)C(C)C)sc2cc3c(cc21)OCO3. The van der Waals surface area contributed by atoms with Gasteiger partial charge in [-0.15, -0.1) is 0 Å². The molecule has 0 aliphatic carbocycles. The first-order valence-electron chi connectivity index (χ1n) is 7.08. The summed E-state index contributed by atoms with van der Waals surface area (Å²) in [4.78, 5) is 28.3. The Kier molecular flexibility index (Phi) is 4.08. The van der Waals surface area contributed by atoms with Gasteiger partial charge in [-0.2, -0.15) is 4.99 Å². The fourth-order valence-electron chi connectivity index (χ4n) is 2.11. The Labute approximate surface area is 136 Å². The van der Waals surface area contributed by atoms with Gasteiger partial charge in [0, 0.05) is 18.1 Å². The number of nitrogens with zero attached hydrogens (tertiary/aromatic N) is 2. The number of benzene rings is 1. The van der Waals surface area contributed by atoms with Gasteiger partial charge in [0.05, 0.1) is 17.3 Å². The van der Waals surface area contributed by atoms with Crippen molar-refractivity contribution in [1.29, 1.82) is 0 Å². The highest BCUT2D eigenvalue weighted by Gasteiger charge is 2.19. The summed E-state index contributed by atoms with van der Waals surface area (Å²) in [5, 5.41) is 0. The number of esters is 1. The van der Waals surface area contributed by atoms with Crippen LogP contribution in [-0.2, 0) is 20.9 Å². The molecule has 0 bridgehead atoms. The Morgan fingerprint density at radius 2 is 2.04 bits per heavy atom. The first kappa shape index (κ1) is 15.5. The van der Waals surface area contributed by atoms with Crippen molar-refractivity contribution in [2.24, 2.45) is 10.9 Å². The van der Waals surface area contributed by atoms with Crippen LogP contribution >= 0.6 is 11.3 Å². The second kappa shape index (κ2) is 6.04. The molecule has 122 valence electrons.